The molecule has 1 spiro atoms. The molecule has 0 radical (unpaired) electrons. The maximum Gasteiger partial charge on any atom is 0.242 e. The molecule has 1 saturated heterocycles. The summed E-state index contributed by atoms with van der Waals surface area (Å²) < 4.78 is 60.9. The third-order valence-electron chi connectivity index (χ3n) is 15.9. The molecular weight excluding hydrogens is 905 g/mol. The molecular formula is C46H58BrF3N4O8S. The average molecular weight is 964 g/mol. The third-order valence-corrected chi connectivity index (χ3v) is 17.1. The van der Waals surface area contributed by atoms with Crippen molar-refractivity contribution in [2.75, 3.05) is 24.4 Å². The molecule has 1 aromatic carbocycles. The number of nitrogens with two attached hydrogens (primary N) is 1. The van der Waals surface area contributed by atoms with E-state index in [1.54, 1.807) is 6.92 Å². The lowest BCUT2D eigenvalue weighted by Gasteiger charge is -2.63. The summed E-state index contributed by atoms with van der Waals surface area (Å²) in [6.07, 6.45) is 4.72. The van der Waals surface area contributed by atoms with Gasteiger partial charge in [0.2, 0.25) is 22.8 Å². The fourth-order valence-corrected chi connectivity index (χ4v) is 13.9. The average Bonchev–Trinajstić information content (AvgIpc) is 3.73. The molecule has 1 aliphatic heterocycles. The first-order valence-corrected chi connectivity index (χ1v) is 24.3. The first-order chi connectivity index (χ1) is 30.0. The second-order valence-corrected chi connectivity index (χ2v) is 21.0. The first kappa shape index (κ1) is 46.4. The maximum atomic E-state index is 17.8. The quantitative estimate of drug-likeness (QED) is 0.114. The first-order valence-electron chi connectivity index (χ1n) is 22.2. The van der Waals surface area contributed by atoms with Crippen LogP contribution in [0.5, 0.6) is 0 Å². The highest BCUT2D eigenvalue weighted by molar-refractivity contribution is 9.09. The zero-order valence-corrected chi connectivity index (χ0v) is 38.0. The number of carbonyl (C=O) groups excluding carboxylic acids is 5. The van der Waals surface area contributed by atoms with Gasteiger partial charge in [0, 0.05) is 28.4 Å². The lowest BCUT2D eigenvalue weighted by atomic mass is 9.44. The second kappa shape index (κ2) is 17.6. The molecule has 11 atom stereocenters. The zero-order valence-electron chi connectivity index (χ0n) is 35.6. The number of amides is 3. The van der Waals surface area contributed by atoms with Crippen molar-refractivity contribution in [3.05, 3.63) is 59.2 Å². The van der Waals surface area contributed by atoms with E-state index in [1.807, 2.05) is 24.3 Å². The summed E-state index contributed by atoms with van der Waals surface area (Å²) in [5, 5.41) is 19.7. The number of allylic oxidation sites excluding steroid dienone is 4. The minimum atomic E-state index is -2.34. The summed E-state index contributed by atoms with van der Waals surface area (Å²) in [6, 6.07) is 6.10. The van der Waals surface area contributed by atoms with E-state index in [2.05, 4.69) is 31.9 Å². The highest BCUT2D eigenvalue weighted by Gasteiger charge is 2.80. The Kier molecular flexibility index (Phi) is 13.0. The van der Waals surface area contributed by atoms with Crippen LogP contribution in [0.25, 0.3) is 0 Å². The van der Waals surface area contributed by atoms with Crippen LogP contribution in [0.3, 0.4) is 0 Å². The molecule has 6 aliphatic carbocycles. The van der Waals surface area contributed by atoms with Crippen LogP contribution in [-0.4, -0.2) is 99.9 Å². The van der Waals surface area contributed by atoms with Crippen LogP contribution in [0.4, 0.5) is 13.2 Å². The van der Waals surface area contributed by atoms with Gasteiger partial charge in [-0.25, -0.2) is 13.2 Å². The molecule has 63 heavy (non-hydrogen) atoms. The van der Waals surface area contributed by atoms with E-state index in [0.717, 1.165) is 50.2 Å². The molecule has 0 unspecified atom stereocenters. The predicted octanol–water partition coefficient (Wildman–Crippen LogP) is 5.30. The highest BCUT2D eigenvalue weighted by atomic mass is 79.9. The van der Waals surface area contributed by atoms with E-state index >= 15 is 8.78 Å². The Morgan fingerprint density at radius 2 is 1.76 bits per heavy atom. The smallest absolute Gasteiger partial charge is 0.242 e. The molecule has 3 amide bonds. The second-order valence-electron chi connectivity index (χ2n) is 19.6. The SMILES string of the molecule is C[C@]12C=CC(=O)C=C1[C@@H](F)C[C@H]1[C@@H]3C[C@H]4O[C@@H](c5ccc(CC6CC7(C6)CC(NC(=O)[C@H](CCCCN)NC(=O)CNC(=O)CBr)C7)cc5)O[C@@]4(C(=O)SCF)[C@@]3(C)C[C@H](O)[C@@]12F. The van der Waals surface area contributed by atoms with Crippen LogP contribution >= 0.6 is 27.7 Å². The monoisotopic (exact) mass is 962 g/mol. The van der Waals surface area contributed by atoms with Gasteiger partial charge in [0.15, 0.2) is 23.3 Å². The van der Waals surface area contributed by atoms with Crippen LogP contribution in [-0.2, 0) is 39.9 Å². The summed E-state index contributed by atoms with van der Waals surface area (Å²) >= 11 is 3.51. The normalized spacial score (nSPS) is 40.0. The minimum Gasteiger partial charge on any atom is -0.390 e. The number of hydrogen-bond donors (Lipinski definition) is 5. The molecule has 344 valence electrons. The van der Waals surface area contributed by atoms with Gasteiger partial charge in [-0.3, -0.25) is 24.0 Å². The van der Waals surface area contributed by atoms with Crippen molar-refractivity contribution < 1.29 is 51.7 Å². The lowest BCUT2D eigenvalue weighted by molar-refractivity contribution is -0.232. The van der Waals surface area contributed by atoms with Gasteiger partial charge < -0.3 is 36.3 Å². The standard InChI is InChI=1S/C46H58BrF3N4O8S/c1-42-11-10-29(55)14-32(42)33(49)15-31-30-16-36-46(41(60)63-24-48,43(30,2)21-35(56)45(31,42)50)62-40(61-36)27-8-6-25(7-9-27)13-26-17-44(18-26)19-28(20-44)53-39(59)34(5-3-4-12-51)54-38(58)23-52-37(57)22-47/h6-11,14,26,28,30-31,33-36,40,56H,3-5,12-13,15-24,51H2,1-2H3,(H,52,57)(H,53,59)(H,54,58)/t26?,28?,30-,31-,33-,34-,35-,36+,40+,42-,43-,44?,45-,46-/m0/s1. The van der Waals surface area contributed by atoms with Crippen molar-refractivity contribution in [2.45, 2.75) is 132 Å². The predicted molar refractivity (Wildman–Crippen MR) is 232 cm³/mol. The number of fused-ring (bicyclic) bond motifs is 7. The van der Waals surface area contributed by atoms with E-state index in [1.165, 1.54) is 19.1 Å². The Hall–Kier alpha value is -3.09. The Labute approximate surface area is 378 Å². The molecule has 5 saturated carbocycles. The number of thioether (sulfide) groups is 1. The molecule has 7 aliphatic rings. The number of alkyl halides is 4. The van der Waals surface area contributed by atoms with Crippen LogP contribution in [0, 0.1) is 34.0 Å². The van der Waals surface area contributed by atoms with E-state index in [0.29, 0.717) is 42.6 Å². The molecule has 6 N–H and O–H groups in total. The van der Waals surface area contributed by atoms with Crippen LogP contribution < -0.4 is 21.7 Å². The highest BCUT2D eigenvalue weighted by Crippen LogP contribution is 2.73. The minimum absolute atomic E-state index is 0.0126. The van der Waals surface area contributed by atoms with Crippen molar-refractivity contribution in [1.82, 2.24) is 16.0 Å². The van der Waals surface area contributed by atoms with Crippen LogP contribution in [0.15, 0.2) is 48.1 Å². The molecule has 6 fully saturated rings. The largest absolute Gasteiger partial charge is 0.390 e. The van der Waals surface area contributed by atoms with Crippen LogP contribution in [0.1, 0.15) is 95.5 Å². The van der Waals surface area contributed by atoms with Gasteiger partial charge in [0.1, 0.15) is 18.2 Å². The van der Waals surface area contributed by atoms with E-state index in [9.17, 15) is 33.5 Å². The molecule has 0 bridgehead atoms. The molecule has 8 rings (SSSR count). The summed E-state index contributed by atoms with van der Waals surface area (Å²) in [6.45, 7) is 3.56. The maximum absolute atomic E-state index is 17.8. The zero-order chi connectivity index (χ0) is 45.1. The fourth-order valence-electron chi connectivity index (χ4n) is 13.0. The number of halogens is 4. The van der Waals surface area contributed by atoms with Crippen molar-refractivity contribution in [3.8, 4) is 0 Å². The number of carbonyl (C=O) groups is 5. The number of aliphatic hydroxyl groups excluding tert-OH is 1. The van der Waals surface area contributed by atoms with Crippen molar-refractivity contribution in [3.63, 3.8) is 0 Å². The fraction of sp³-hybridized carbons (Fsp3) is 0.674. The number of ketones is 1. The topological polar surface area (TPSA) is 186 Å². The Morgan fingerprint density at radius 1 is 1.03 bits per heavy atom. The third kappa shape index (κ3) is 7.85. The van der Waals surface area contributed by atoms with Gasteiger partial charge in [-0.15, -0.1) is 0 Å². The number of rotatable bonds is 15. The van der Waals surface area contributed by atoms with Gasteiger partial charge >= 0.3 is 0 Å². The van der Waals surface area contributed by atoms with Gasteiger partial charge in [0.05, 0.1) is 24.1 Å². The molecule has 1 heterocycles. The Bertz CT molecular complexity index is 2050. The van der Waals surface area contributed by atoms with Crippen molar-refractivity contribution in [2.24, 2.45) is 39.7 Å². The number of aliphatic hydroxyl groups is 1. The molecule has 1 aromatic rings. The van der Waals surface area contributed by atoms with Gasteiger partial charge in [-0.1, -0.05) is 65.0 Å². The van der Waals surface area contributed by atoms with Gasteiger partial charge in [-0.2, -0.15) is 0 Å². The number of hydrogen-bond acceptors (Lipinski definition) is 10. The number of nitrogens with one attached hydrogen (secondary N) is 3. The summed E-state index contributed by atoms with van der Waals surface area (Å²) in [5.41, 5.74) is 0.731. The molecule has 17 heteroatoms. The van der Waals surface area contributed by atoms with Gasteiger partial charge in [-0.05, 0) is 125 Å². The lowest BCUT2D eigenvalue weighted by Crippen LogP contribution is -2.70. The Morgan fingerprint density at radius 3 is 2.44 bits per heavy atom. The number of ether oxygens (including phenoxy) is 2. The summed E-state index contributed by atoms with van der Waals surface area (Å²) in [7, 11) is 0. The molecule has 0 aromatic heterocycles. The van der Waals surface area contributed by atoms with Crippen LogP contribution in [0.2, 0.25) is 0 Å². The number of unbranched alkanes of at least 4 members (excludes halogenated alkanes) is 1. The molecule has 12 nitrogen and oxygen atoms in total. The summed E-state index contributed by atoms with van der Waals surface area (Å²) in [5.74, 6) is -2.65. The summed E-state index contributed by atoms with van der Waals surface area (Å²) in [4.78, 5) is 63.6. The van der Waals surface area contributed by atoms with E-state index in [4.69, 9.17) is 15.2 Å². The van der Waals surface area contributed by atoms with E-state index in [-0.39, 0.29) is 60.0 Å². The van der Waals surface area contributed by atoms with E-state index < -0.39 is 87.5 Å². The van der Waals surface area contributed by atoms with Crippen molar-refractivity contribution >= 4 is 56.3 Å². The number of benzene rings is 1. The van der Waals surface area contributed by atoms with Gasteiger partial charge in [0.25, 0.3) is 0 Å². The van der Waals surface area contributed by atoms with Crippen molar-refractivity contribution in [1.29, 1.82) is 0 Å². The Balaban J connectivity index is 0.877.